The van der Waals surface area contributed by atoms with Gasteiger partial charge in [-0.25, -0.2) is 0 Å². The fourth-order valence-electron chi connectivity index (χ4n) is 1.39. The van der Waals surface area contributed by atoms with E-state index in [4.69, 9.17) is 11.0 Å². The Labute approximate surface area is 101 Å². The van der Waals surface area contributed by atoms with E-state index >= 15 is 0 Å². The molecule has 0 aliphatic rings. The van der Waals surface area contributed by atoms with Crippen LogP contribution in [0.4, 0.5) is 11.4 Å². The van der Waals surface area contributed by atoms with Gasteiger partial charge >= 0.3 is 0 Å². The van der Waals surface area contributed by atoms with Crippen molar-refractivity contribution in [3.05, 3.63) is 23.8 Å². The van der Waals surface area contributed by atoms with E-state index < -0.39 is 0 Å². The minimum absolute atomic E-state index is 0.0868. The van der Waals surface area contributed by atoms with Crippen molar-refractivity contribution in [1.29, 1.82) is 5.26 Å². The van der Waals surface area contributed by atoms with Crippen molar-refractivity contribution in [2.45, 2.75) is 19.9 Å². The smallest absolute Gasteiger partial charge is 0.242 e. The molecule has 90 valence electrons. The standard InChI is InChI=1S/C12H16N4O/c1-3-15-12(17)8(2)16-11-5-4-9(7-13)6-10(11)14/h4-6,8,16H,3,14H2,1-2H3,(H,15,17). The molecule has 0 bridgehead atoms. The Bertz CT molecular complexity index is 450. The fourth-order valence-corrected chi connectivity index (χ4v) is 1.39. The topological polar surface area (TPSA) is 90.9 Å². The molecular formula is C12H16N4O. The van der Waals surface area contributed by atoms with E-state index in [-0.39, 0.29) is 11.9 Å². The third-order valence-corrected chi connectivity index (χ3v) is 2.30. The third kappa shape index (κ3) is 3.38. The minimum Gasteiger partial charge on any atom is -0.397 e. The number of nitrogens with two attached hydrogens (primary N) is 1. The molecule has 1 amide bonds. The van der Waals surface area contributed by atoms with Crippen molar-refractivity contribution in [3.8, 4) is 6.07 Å². The summed E-state index contributed by atoms with van der Waals surface area (Å²) in [5.74, 6) is -0.0868. The number of carbonyl (C=O) groups excluding carboxylic acids is 1. The summed E-state index contributed by atoms with van der Waals surface area (Å²) in [6.45, 7) is 4.21. The number of nitriles is 1. The molecule has 17 heavy (non-hydrogen) atoms. The number of rotatable bonds is 4. The van der Waals surface area contributed by atoms with Crippen molar-refractivity contribution in [2.75, 3.05) is 17.6 Å². The Balaban J connectivity index is 2.75. The number of carbonyl (C=O) groups is 1. The Morgan fingerprint density at radius 3 is 2.82 bits per heavy atom. The van der Waals surface area contributed by atoms with Crippen molar-refractivity contribution < 1.29 is 4.79 Å². The average Bonchev–Trinajstić information content (AvgIpc) is 2.31. The molecule has 1 rings (SSSR count). The zero-order valence-corrected chi connectivity index (χ0v) is 9.95. The maximum Gasteiger partial charge on any atom is 0.242 e. The number of nitrogen functional groups attached to an aromatic ring is 1. The molecule has 1 unspecified atom stereocenters. The molecule has 0 radical (unpaired) electrons. The Hall–Kier alpha value is -2.22. The van der Waals surface area contributed by atoms with E-state index in [1.807, 2.05) is 13.0 Å². The highest BCUT2D eigenvalue weighted by Gasteiger charge is 2.12. The van der Waals surface area contributed by atoms with Gasteiger partial charge in [0.2, 0.25) is 5.91 Å². The van der Waals surface area contributed by atoms with Crippen LogP contribution in [-0.2, 0) is 4.79 Å². The van der Waals surface area contributed by atoms with Crippen molar-refractivity contribution in [2.24, 2.45) is 0 Å². The summed E-state index contributed by atoms with van der Waals surface area (Å²) in [6.07, 6.45) is 0. The van der Waals surface area contributed by atoms with Crippen LogP contribution < -0.4 is 16.4 Å². The summed E-state index contributed by atoms with van der Waals surface area (Å²) in [5.41, 5.74) is 7.39. The van der Waals surface area contributed by atoms with E-state index in [0.29, 0.717) is 23.5 Å². The maximum absolute atomic E-state index is 11.5. The number of amides is 1. The van der Waals surface area contributed by atoms with Crippen LogP contribution in [-0.4, -0.2) is 18.5 Å². The largest absolute Gasteiger partial charge is 0.397 e. The van der Waals surface area contributed by atoms with E-state index in [2.05, 4.69) is 10.6 Å². The minimum atomic E-state index is -0.370. The van der Waals surface area contributed by atoms with E-state index in [1.54, 1.807) is 25.1 Å². The molecule has 0 aliphatic heterocycles. The van der Waals surface area contributed by atoms with E-state index in [9.17, 15) is 4.79 Å². The molecule has 0 heterocycles. The predicted molar refractivity (Wildman–Crippen MR) is 67.3 cm³/mol. The second kappa shape index (κ2) is 5.75. The second-order valence-corrected chi connectivity index (χ2v) is 3.67. The van der Waals surface area contributed by atoms with Crippen LogP contribution in [0.25, 0.3) is 0 Å². The van der Waals surface area contributed by atoms with Crippen LogP contribution in [0.1, 0.15) is 19.4 Å². The number of hydrogen-bond donors (Lipinski definition) is 3. The number of likely N-dealkylation sites (N-methyl/N-ethyl adjacent to an activating group) is 1. The lowest BCUT2D eigenvalue weighted by Gasteiger charge is -2.16. The van der Waals surface area contributed by atoms with Crippen LogP contribution >= 0.6 is 0 Å². The van der Waals surface area contributed by atoms with Crippen molar-refractivity contribution in [1.82, 2.24) is 5.32 Å². The van der Waals surface area contributed by atoms with Gasteiger partial charge in [0.15, 0.2) is 0 Å². The van der Waals surface area contributed by atoms with Gasteiger partial charge in [-0.3, -0.25) is 4.79 Å². The van der Waals surface area contributed by atoms with Gasteiger partial charge in [0, 0.05) is 6.54 Å². The summed E-state index contributed by atoms with van der Waals surface area (Å²) in [5, 5.41) is 14.4. The maximum atomic E-state index is 11.5. The first kappa shape index (κ1) is 12.8. The van der Waals surface area contributed by atoms with Crippen LogP contribution in [0, 0.1) is 11.3 Å². The lowest BCUT2D eigenvalue weighted by atomic mass is 10.1. The molecule has 0 aromatic heterocycles. The van der Waals surface area contributed by atoms with Gasteiger partial charge in [0.05, 0.1) is 23.0 Å². The molecule has 1 aromatic carbocycles. The molecule has 0 saturated heterocycles. The summed E-state index contributed by atoms with van der Waals surface area (Å²) < 4.78 is 0. The van der Waals surface area contributed by atoms with Crippen molar-refractivity contribution >= 4 is 17.3 Å². The molecule has 0 saturated carbocycles. The van der Waals surface area contributed by atoms with E-state index in [0.717, 1.165) is 0 Å². The SMILES string of the molecule is CCNC(=O)C(C)Nc1ccc(C#N)cc1N. The highest BCUT2D eigenvalue weighted by atomic mass is 16.2. The predicted octanol–water partition coefficient (Wildman–Crippen LogP) is 1.08. The first-order chi connectivity index (χ1) is 8.08. The lowest BCUT2D eigenvalue weighted by molar-refractivity contribution is -0.121. The van der Waals surface area contributed by atoms with E-state index in [1.165, 1.54) is 0 Å². The highest BCUT2D eigenvalue weighted by molar-refractivity contribution is 5.85. The van der Waals surface area contributed by atoms with Crippen LogP contribution in [0.15, 0.2) is 18.2 Å². The first-order valence-electron chi connectivity index (χ1n) is 5.42. The van der Waals surface area contributed by atoms with Crippen LogP contribution in [0.2, 0.25) is 0 Å². The zero-order chi connectivity index (χ0) is 12.8. The Morgan fingerprint density at radius 1 is 1.59 bits per heavy atom. The summed E-state index contributed by atoms with van der Waals surface area (Å²) in [6, 6.07) is 6.56. The molecule has 4 N–H and O–H groups in total. The van der Waals surface area contributed by atoms with Gasteiger partial charge in [0.25, 0.3) is 0 Å². The first-order valence-corrected chi connectivity index (χ1v) is 5.42. The van der Waals surface area contributed by atoms with Gasteiger partial charge < -0.3 is 16.4 Å². The molecule has 0 aliphatic carbocycles. The van der Waals surface area contributed by atoms with Crippen LogP contribution in [0.3, 0.4) is 0 Å². The fraction of sp³-hybridized carbons (Fsp3) is 0.333. The Morgan fingerprint density at radius 2 is 2.29 bits per heavy atom. The molecule has 5 nitrogen and oxygen atoms in total. The van der Waals surface area contributed by atoms with Crippen molar-refractivity contribution in [3.63, 3.8) is 0 Å². The van der Waals surface area contributed by atoms with Gasteiger partial charge in [-0.1, -0.05) is 0 Å². The monoisotopic (exact) mass is 232 g/mol. The second-order valence-electron chi connectivity index (χ2n) is 3.67. The molecule has 0 spiro atoms. The Kier molecular flexibility index (Phi) is 4.35. The summed E-state index contributed by atoms with van der Waals surface area (Å²) in [4.78, 5) is 11.5. The van der Waals surface area contributed by atoms with Gasteiger partial charge in [-0.05, 0) is 32.0 Å². The number of hydrogen-bond acceptors (Lipinski definition) is 4. The normalized spacial score (nSPS) is 11.4. The summed E-state index contributed by atoms with van der Waals surface area (Å²) in [7, 11) is 0. The average molecular weight is 232 g/mol. The van der Waals surface area contributed by atoms with Crippen LogP contribution in [0.5, 0.6) is 0 Å². The molecule has 1 aromatic rings. The number of anilines is 2. The highest BCUT2D eigenvalue weighted by Crippen LogP contribution is 2.20. The van der Waals surface area contributed by atoms with Gasteiger partial charge in [-0.2, -0.15) is 5.26 Å². The number of nitrogens with one attached hydrogen (secondary N) is 2. The molecular weight excluding hydrogens is 216 g/mol. The molecule has 0 fully saturated rings. The number of nitrogens with zero attached hydrogens (tertiary/aromatic N) is 1. The zero-order valence-electron chi connectivity index (χ0n) is 9.95. The van der Waals surface area contributed by atoms with Gasteiger partial charge in [-0.15, -0.1) is 0 Å². The molecule has 1 atom stereocenters. The third-order valence-electron chi connectivity index (χ3n) is 2.30. The lowest BCUT2D eigenvalue weighted by Crippen LogP contribution is -2.37. The quantitative estimate of drug-likeness (QED) is 0.677. The molecule has 5 heteroatoms. The number of benzene rings is 1. The summed E-state index contributed by atoms with van der Waals surface area (Å²) >= 11 is 0. The van der Waals surface area contributed by atoms with Gasteiger partial charge in [0.1, 0.15) is 6.04 Å².